The molecule has 0 saturated carbocycles. The molecule has 0 N–H and O–H groups in total. The van der Waals surface area contributed by atoms with Crippen LogP contribution in [0.15, 0.2) is 84.5 Å². The highest BCUT2D eigenvalue weighted by Gasteiger charge is 2.34. The largest absolute Gasteiger partial charge is 0.367 e. The second-order valence-corrected chi connectivity index (χ2v) is 10.1. The summed E-state index contributed by atoms with van der Waals surface area (Å²) >= 11 is 0. The van der Waals surface area contributed by atoms with Crippen LogP contribution in [0, 0.1) is 6.92 Å². The number of amides is 1. The van der Waals surface area contributed by atoms with Crippen LogP contribution in [0.25, 0.3) is 11.1 Å². The van der Waals surface area contributed by atoms with Gasteiger partial charge in [-0.25, -0.2) is 8.42 Å². The van der Waals surface area contributed by atoms with Crippen LogP contribution >= 0.6 is 0 Å². The molecule has 6 nitrogen and oxygen atoms in total. The average molecular weight is 463 g/mol. The molecule has 2 aromatic carbocycles. The highest BCUT2D eigenvalue weighted by molar-refractivity contribution is 7.94. The van der Waals surface area contributed by atoms with Gasteiger partial charge in [-0.1, -0.05) is 54.1 Å². The van der Waals surface area contributed by atoms with Gasteiger partial charge in [0.2, 0.25) is 0 Å². The van der Waals surface area contributed by atoms with Gasteiger partial charge in [0, 0.05) is 31.5 Å². The summed E-state index contributed by atoms with van der Waals surface area (Å²) in [4.78, 5) is 19.2. The number of hydrogen-bond acceptors (Lipinski definition) is 5. The SMILES string of the molecule is COC(C(=O)N(Cc1ccncc1)C1C=CS(=O)(=O)C1)c1ccc(-c2ccc(C)cc2)cc1. The van der Waals surface area contributed by atoms with Crippen molar-refractivity contribution in [2.75, 3.05) is 12.9 Å². The van der Waals surface area contributed by atoms with Gasteiger partial charge in [0.25, 0.3) is 5.91 Å². The lowest BCUT2D eigenvalue weighted by atomic mass is 10.00. The quantitative estimate of drug-likeness (QED) is 0.529. The third kappa shape index (κ3) is 5.38. The molecule has 33 heavy (non-hydrogen) atoms. The summed E-state index contributed by atoms with van der Waals surface area (Å²) in [5, 5.41) is 1.18. The van der Waals surface area contributed by atoms with Crippen molar-refractivity contribution in [3.05, 3.63) is 101 Å². The van der Waals surface area contributed by atoms with Crippen molar-refractivity contribution in [1.29, 1.82) is 0 Å². The molecule has 2 unspecified atom stereocenters. The fourth-order valence-electron chi connectivity index (χ4n) is 3.92. The van der Waals surface area contributed by atoms with Crippen LogP contribution in [0.1, 0.15) is 22.8 Å². The van der Waals surface area contributed by atoms with Crippen molar-refractivity contribution in [3.8, 4) is 11.1 Å². The molecule has 2 heterocycles. The average Bonchev–Trinajstić information content (AvgIpc) is 3.19. The third-order valence-corrected chi connectivity index (χ3v) is 7.13. The van der Waals surface area contributed by atoms with Crippen LogP contribution in [-0.4, -0.2) is 43.1 Å². The Kier molecular flexibility index (Phi) is 6.72. The van der Waals surface area contributed by atoms with E-state index in [9.17, 15) is 13.2 Å². The minimum Gasteiger partial charge on any atom is -0.367 e. The lowest BCUT2D eigenvalue weighted by Crippen LogP contribution is -2.43. The number of aromatic nitrogens is 1. The molecule has 3 aromatic rings. The number of carbonyl (C=O) groups excluding carboxylic acids is 1. The van der Waals surface area contributed by atoms with Gasteiger partial charge in [0.15, 0.2) is 15.9 Å². The van der Waals surface area contributed by atoms with Crippen molar-refractivity contribution >= 4 is 15.7 Å². The summed E-state index contributed by atoms with van der Waals surface area (Å²) in [7, 11) is -1.84. The first-order chi connectivity index (χ1) is 15.9. The molecule has 7 heteroatoms. The molecule has 0 spiro atoms. The maximum absolute atomic E-state index is 13.6. The van der Waals surface area contributed by atoms with Crippen molar-refractivity contribution in [2.45, 2.75) is 25.6 Å². The third-order valence-electron chi connectivity index (χ3n) is 5.76. The molecule has 1 aliphatic rings. The van der Waals surface area contributed by atoms with Crippen molar-refractivity contribution < 1.29 is 17.9 Å². The Labute approximate surface area is 194 Å². The lowest BCUT2D eigenvalue weighted by molar-refractivity contribution is -0.144. The van der Waals surface area contributed by atoms with Crippen LogP contribution < -0.4 is 0 Å². The molecule has 170 valence electrons. The molecule has 0 bridgehead atoms. The van der Waals surface area contributed by atoms with Gasteiger partial charge in [-0.2, -0.15) is 0 Å². The van der Waals surface area contributed by atoms with E-state index in [0.29, 0.717) is 5.56 Å². The molecular formula is C26H26N2O4S. The van der Waals surface area contributed by atoms with Crippen molar-refractivity contribution in [2.24, 2.45) is 0 Å². The molecule has 4 rings (SSSR count). The number of pyridine rings is 1. The number of ether oxygens (including phenoxy) is 1. The first-order valence-electron chi connectivity index (χ1n) is 10.7. The van der Waals surface area contributed by atoms with Gasteiger partial charge in [-0.15, -0.1) is 0 Å². The topological polar surface area (TPSA) is 76.6 Å². The zero-order chi connectivity index (χ0) is 23.4. The maximum atomic E-state index is 13.6. The number of methoxy groups -OCH3 is 1. The summed E-state index contributed by atoms with van der Waals surface area (Å²) in [5.41, 5.74) is 4.90. The van der Waals surface area contributed by atoms with Crippen LogP contribution in [0.3, 0.4) is 0 Å². The van der Waals surface area contributed by atoms with Crippen molar-refractivity contribution in [3.63, 3.8) is 0 Å². The first kappa shape index (κ1) is 22.9. The highest BCUT2D eigenvalue weighted by atomic mass is 32.2. The van der Waals surface area contributed by atoms with Crippen molar-refractivity contribution in [1.82, 2.24) is 9.88 Å². The minimum atomic E-state index is -3.33. The Morgan fingerprint density at radius 3 is 2.18 bits per heavy atom. The van der Waals surface area contributed by atoms with E-state index < -0.39 is 22.0 Å². The van der Waals surface area contributed by atoms with E-state index in [1.807, 2.05) is 43.3 Å². The van der Waals surface area contributed by atoms with Crippen LogP contribution in [-0.2, 0) is 25.9 Å². The van der Waals surface area contributed by atoms with E-state index in [1.54, 1.807) is 23.4 Å². The van der Waals surface area contributed by atoms with Crippen LogP contribution in [0.5, 0.6) is 0 Å². The maximum Gasteiger partial charge on any atom is 0.257 e. The molecule has 1 aliphatic heterocycles. The fourth-order valence-corrected chi connectivity index (χ4v) is 5.22. The summed E-state index contributed by atoms with van der Waals surface area (Å²) in [6.45, 7) is 2.30. The summed E-state index contributed by atoms with van der Waals surface area (Å²) in [6.07, 6.45) is 4.02. The second kappa shape index (κ2) is 9.68. The zero-order valence-corrected chi connectivity index (χ0v) is 19.4. The monoisotopic (exact) mass is 462 g/mol. The summed E-state index contributed by atoms with van der Waals surface area (Å²) in [6, 6.07) is 19.0. The van der Waals surface area contributed by atoms with Gasteiger partial charge >= 0.3 is 0 Å². The molecule has 0 aliphatic carbocycles. The van der Waals surface area contributed by atoms with Gasteiger partial charge in [0.05, 0.1) is 11.8 Å². The number of hydrogen-bond donors (Lipinski definition) is 0. The number of nitrogens with zero attached hydrogens (tertiary/aromatic N) is 2. The van der Waals surface area contributed by atoms with Crippen LogP contribution in [0.4, 0.5) is 0 Å². The van der Waals surface area contributed by atoms with E-state index >= 15 is 0 Å². The van der Waals surface area contributed by atoms with E-state index in [0.717, 1.165) is 16.7 Å². The Hall–Kier alpha value is -3.29. The van der Waals surface area contributed by atoms with Gasteiger partial charge in [0.1, 0.15) is 0 Å². The number of benzene rings is 2. The van der Waals surface area contributed by atoms with Gasteiger partial charge in [-0.3, -0.25) is 9.78 Å². The number of sulfone groups is 1. The molecule has 2 atom stereocenters. The lowest BCUT2D eigenvalue weighted by Gasteiger charge is -2.31. The standard InChI is InChI=1S/C26H26N2O4S/c1-19-3-5-21(6-4-19)22-7-9-23(10-8-22)25(32-2)26(29)28(17-20-11-14-27-15-12-20)24-13-16-33(30,31)18-24/h3-16,24-25H,17-18H2,1-2H3. The Morgan fingerprint density at radius 1 is 1.03 bits per heavy atom. The van der Waals surface area contributed by atoms with Gasteiger partial charge in [-0.05, 0) is 47.4 Å². The predicted octanol–water partition coefficient (Wildman–Crippen LogP) is 4.08. The molecule has 1 aromatic heterocycles. The summed E-state index contributed by atoms with van der Waals surface area (Å²) < 4.78 is 29.7. The van der Waals surface area contributed by atoms with E-state index in [1.165, 1.54) is 18.1 Å². The predicted molar refractivity (Wildman–Crippen MR) is 128 cm³/mol. The van der Waals surface area contributed by atoms with E-state index in [2.05, 4.69) is 29.2 Å². The normalized spacial score (nSPS) is 17.6. The smallest absolute Gasteiger partial charge is 0.257 e. The zero-order valence-electron chi connectivity index (χ0n) is 18.6. The molecule has 0 fully saturated rings. The minimum absolute atomic E-state index is 0.132. The number of aryl methyl sites for hydroxylation is 1. The molecule has 1 amide bonds. The van der Waals surface area contributed by atoms with E-state index in [4.69, 9.17) is 4.74 Å². The van der Waals surface area contributed by atoms with Gasteiger partial charge < -0.3 is 9.64 Å². The molecule has 0 saturated heterocycles. The highest BCUT2D eigenvalue weighted by Crippen LogP contribution is 2.28. The van der Waals surface area contributed by atoms with E-state index in [-0.39, 0.29) is 18.2 Å². The number of rotatable bonds is 7. The molecule has 0 radical (unpaired) electrons. The first-order valence-corrected chi connectivity index (χ1v) is 12.4. The second-order valence-electron chi connectivity index (χ2n) is 8.15. The Bertz CT molecular complexity index is 1240. The Balaban J connectivity index is 1.60. The number of carbonyl (C=O) groups is 1. The molecular weight excluding hydrogens is 436 g/mol. The fraction of sp³-hybridized carbons (Fsp3) is 0.231. The van der Waals surface area contributed by atoms with Crippen LogP contribution in [0.2, 0.25) is 0 Å². The summed E-state index contributed by atoms with van der Waals surface area (Å²) in [5.74, 6) is -0.420. The Morgan fingerprint density at radius 2 is 1.64 bits per heavy atom.